The van der Waals surface area contributed by atoms with Crippen molar-refractivity contribution >= 4 is 10.9 Å². The molecule has 2 fully saturated rings. The molecule has 2 saturated carbocycles. The molecule has 2 nitrogen and oxygen atoms in total. The normalized spacial score (nSPS) is 26.4. The Kier molecular flexibility index (Phi) is 2.37. The van der Waals surface area contributed by atoms with E-state index in [2.05, 4.69) is 34.6 Å². The number of aromatic nitrogens is 1. The third-order valence-corrected chi connectivity index (χ3v) is 4.23. The molecule has 1 aromatic carbocycles. The molecule has 1 N–H and O–H groups in total. The van der Waals surface area contributed by atoms with Crippen LogP contribution in [-0.4, -0.2) is 17.6 Å². The van der Waals surface area contributed by atoms with Crippen molar-refractivity contribution in [1.29, 1.82) is 0 Å². The summed E-state index contributed by atoms with van der Waals surface area (Å²) in [6.07, 6.45) is 6.00. The van der Waals surface area contributed by atoms with Crippen LogP contribution in [0.1, 0.15) is 30.7 Å². The maximum atomic E-state index is 4.56. The Labute approximate surface area is 107 Å². The second-order valence-electron chi connectivity index (χ2n) is 5.71. The lowest BCUT2D eigenvalue weighted by Gasteiger charge is -2.05. The van der Waals surface area contributed by atoms with Crippen LogP contribution in [0, 0.1) is 5.92 Å². The highest BCUT2D eigenvalue weighted by Crippen LogP contribution is 2.48. The molecule has 2 heteroatoms. The zero-order valence-electron chi connectivity index (χ0n) is 10.5. The second-order valence-corrected chi connectivity index (χ2v) is 5.71. The van der Waals surface area contributed by atoms with E-state index in [-0.39, 0.29) is 0 Å². The molecule has 0 spiro atoms. The molecular weight excluding hydrogens is 220 g/mol. The molecular formula is C16H18N2. The molecule has 4 rings (SSSR count). The molecule has 1 aromatic heterocycles. The Morgan fingerprint density at radius 2 is 2.06 bits per heavy atom. The molecule has 2 unspecified atom stereocenters. The number of rotatable bonds is 4. The van der Waals surface area contributed by atoms with Gasteiger partial charge in [0, 0.05) is 17.6 Å². The van der Waals surface area contributed by atoms with Gasteiger partial charge in [0.2, 0.25) is 0 Å². The van der Waals surface area contributed by atoms with E-state index in [9.17, 15) is 0 Å². The second kappa shape index (κ2) is 4.06. The first-order valence-electron chi connectivity index (χ1n) is 6.99. The highest BCUT2D eigenvalue weighted by Gasteiger charge is 2.39. The number of benzene rings is 1. The van der Waals surface area contributed by atoms with Crippen molar-refractivity contribution in [2.24, 2.45) is 5.92 Å². The molecule has 92 valence electrons. The van der Waals surface area contributed by atoms with Crippen molar-refractivity contribution in [3.8, 4) is 0 Å². The number of para-hydroxylation sites is 1. The van der Waals surface area contributed by atoms with Gasteiger partial charge in [-0.15, -0.1) is 0 Å². The van der Waals surface area contributed by atoms with Crippen LogP contribution in [0.3, 0.4) is 0 Å². The van der Waals surface area contributed by atoms with Gasteiger partial charge >= 0.3 is 0 Å². The smallest absolute Gasteiger partial charge is 0.0736 e. The SMILES string of the molecule is c1cnc2c(C3CC3CNC3CC3)cccc2c1. The van der Waals surface area contributed by atoms with Crippen molar-refractivity contribution in [1.82, 2.24) is 10.3 Å². The van der Waals surface area contributed by atoms with Crippen LogP contribution in [0.5, 0.6) is 0 Å². The largest absolute Gasteiger partial charge is 0.314 e. The average molecular weight is 238 g/mol. The first-order valence-corrected chi connectivity index (χ1v) is 6.99. The summed E-state index contributed by atoms with van der Waals surface area (Å²) < 4.78 is 0. The van der Waals surface area contributed by atoms with Crippen molar-refractivity contribution < 1.29 is 0 Å². The molecule has 0 bridgehead atoms. The summed E-state index contributed by atoms with van der Waals surface area (Å²) in [6.45, 7) is 1.19. The molecule has 0 saturated heterocycles. The molecule has 2 aromatic rings. The van der Waals surface area contributed by atoms with Crippen LogP contribution in [0.4, 0.5) is 0 Å². The third kappa shape index (κ3) is 1.91. The van der Waals surface area contributed by atoms with Gasteiger partial charge in [0.15, 0.2) is 0 Å². The summed E-state index contributed by atoms with van der Waals surface area (Å²) in [6, 6.07) is 11.6. The van der Waals surface area contributed by atoms with E-state index in [1.807, 2.05) is 12.3 Å². The van der Waals surface area contributed by atoms with Gasteiger partial charge in [-0.1, -0.05) is 24.3 Å². The van der Waals surface area contributed by atoms with Gasteiger partial charge in [-0.3, -0.25) is 4.98 Å². The van der Waals surface area contributed by atoms with Crippen LogP contribution in [-0.2, 0) is 0 Å². The Balaban J connectivity index is 1.56. The van der Waals surface area contributed by atoms with E-state index in [4.69, 9.17) is 0 Å². The predicted molar refractivity (Wildman–Crippen MR) is 73.6 cm³/mol. The van der Waals surface area contributed by atoms with E-state index in [1.165, 1.54) is 42.3 Å². The van der Waals surface area contributed by atoms with E-state index in [0.29, 0.717) is 0 Å². The van der Waals surface area contributed by atoms with Crippen molar-refractivity contribution in [2.45, 2.75) is 31.2 Å². The minimum absolute atomic E-state index is 0.731. The van der Waals surface area contributed by atoms with Crippen molar-refractivity contribution in [3.05, 3.63) is 42.1 Å². The Morgan fingerprint density at radius 3 is 2.94 bits per heavy atom. The molecule has 0 radical (unpaired) electrons. The van der Waals surface area contributed by atoms with E-state index in [0.717, 1.165) is 17.9 Å². The maximum absolute atomic E-state index is 4.56. The van der Waals surface area contributed by atoms with Gasteiger partial charge in [-0.25, -0.2) is 0 Å². The maximum Gasteiger partial charge on any atom is 0.0736 e. The molecule has 0 aliphatic heterocycles. The summed E-state index contributed by atoms with van der Waals surface area (Å²) in [5, 5.41) is 4.92. The van der Waals surface area contributed by atoms with Gasteiger partial charge in [0.25, 0.3) is 0 Å². The molecule has 0 amide bonds. The van der Waals surface area contributed by atoms with Gasteiger partial charge < -0.3 is 5.32 Å². The minimum atomic E-state index is 0.731. The monoisotopic (exact) mass is 238 g/mol. The topological polar surface area (TPSA) is 24.9 Å². The van der Waals surface area contributed by atoms with Crippen LogP contribution >= 0.6 is 0 Å². The van der Waals surface area contributed by atoms with E-state index >= 15 is 0 Å². The summed E-state index contributed by atoms with van der Waals surface area (Å²) in [5.41, 5.74) is 2.66. The quantitative estimate of drug-likeness (QED) is 0.885. The van der Waals surface area contributed by atoms with E-state index < -0.39 is 0 Å². The highest BCUT2D eigenvalue weighted by atomic mass is 15.0. The number of pyridine rings is 1. The number of hydrogen-bond donors (Lipinski definition) is 1. The van der Waals surface area contributed by atoms with E-state index in [1.54, 1.807) is 0 Å². The minimum Gasteiger partial charge on any atom is -0.314 e. The zero-order valence-corrected chi connectivity index (χ0v) is 10.5. The average Bonchev–Trinajstić information content (AvgIpc) is 3.30. The number of hydrogen-bond acceptors (Lipinski definition) is 2. The predicted octanol–water partition coefficient (Wildman–Crippen LogP) is 3.09. The molecule has 1 heterocycles. The first-order chi connectivity index (χ1) is 8.92. The molecule has 2 atom stereocenters. The molecule has 2 aliphatic rings. The summed E-state index contributed by atoms with van der Waals surface area (Å²) in [7, 11) is 0. The van der Waals surface area contributed by atoms with Crippen LogP contribution in [0.25, 0.3) is 10.9 Å². The summed E-state index contributed by atoms with van der Waals surface area (Å²) >= 11 is 0. The Morgan fingerprint density at radius 1 is 1.17 bits per heavy atom. The lowest BCUT2D eigenvalue weighted by Crippen LogP contribution is -2.19. The lowest BCUT2D eigenvalue weighted by atomic mass is 10.0. The first kappa shape index (κ1) is 10.5. The standard InChI is InChI=1S/C16H18N2/c1-3-11-4-2-8-17-16(11)14(5-1)15-9-12(15)10-18-13-6-7-13/h1-5,8,12-13,15,18H,6-7,9-10H2. The van der Waals surface area contributed by atoms with Gasteiger partial charge in [-0.2, -0.15) is 0 Å². The molecule has 2 aliphatic carbocycles. The van der Waals surface area contributed by atoms with Crippen LogP contribution in [0.15, 0.2) is 36.5 Å². The number of fused-ring (bicyclic) bond motifs is 1. The fourth-order valence-electron chi connectivity index (χ4n) is 2.89. The molecule has 18 heavy (non-hydrogen) atoms. The van der Waals surface area contributed by atoms with Crippen LogP contribution in [0.2, 0.25) is 0 Å². The summed E-state index contributed by atoms with van der Waals surface area (Å²) in [4.78, 5) is 4.56. The van der Waals surface area contributed by atoms with Crippen molar-refractivity contribution in [2.75, 3.05) is 6.54 Å². The summed E-state index contributed by atoms with van der Waals surface area (Å²) in [5.74, 6) is 1.56. The van der Waals surface area contributed by atoms with Crippen molar-refractivity contribution in [3.63, 3.8) is 0 Å². The zero-order chi connectivity index (χ0) is 11.9. The van der Waals surface area contributed by atoms with Crippen LogP contribution < -0.4 is 5.32 Å². The lowest BCUT2D eigenvalue weighted by molar-refractivity contribution is 0.624. The van der Waals surface area contributed by atoms with Gasteiger partial charge in [-0.05, 0) is 49.3 Å². The van der Waals surface area contributed by atoms with Gasteiger partial charge in [0.1, 0.15) is 0 Å². The van der Waals surface area contributed by atoms with Gasteiger partial charge in [0.05, 0.1) is 5.52 Å². The number of nitrogens with zero attached hydrogens (tertiary/aromatic N) is 1. The highest BCUT2D eigenvalue weighted by molar-refractivity contribution is 5.82. The third-order valence-electron chi connectivity index (χ3n) is 4.23. The Bertz CT molecular complexity index is 569. The Hall–Kier alpha value is -1.41. The number of nitrogens with one attached hydrogen (secondary N) is 1. The fraction of sp³-hybridized carbons (Fsp3) is 0.438. The fourth-order valence-corrected chi connectivity index (χ4v) is 2.89.